The number of nitrogen functional groups attached to an aromatic ring is 1. The lowest BCUT2D eigenvalue weighted by molar-refractivity contribution is -0.133. The van der Waals surface area contributed by atoms with Gasteiger partial charge in [0.2, 0.25) is 0 Å². The predicted molar refractivity (Wildman–Crippen MR) is 68.8 cm³/mol. The lowest BCUT2D eigenvalue weighted by Crippen LogP contribution is -2.38. The molecule has 0 fully saturated rings. The summed E-state index contributed by atoms with van der Waals surface area (Å²) in [6.45, 7) is 1.76. The smallest absolute Gasteiger partial charge is 0.260 e. The summed E-state index contributed by atoms with van der Waals surface area (Å²) in [5, 5.41) is 8.57. The second-order valence-electron chi connectivity index (χ2n) is 4.08. The molecule has 1 amide bonds. The number of hydrogen-bond acceptors (Lipinski definition) is 4. The van der Waals surface area contributed by atoms with Gasteiger partial charge in [0.1, 0.15) is 5.75 Å². The fourth-order valence-electron chi connectivity index (χ4n) is 1.37. The van der Waals surface area contributed by atoms with Gasteiger partial charge in [-0.25, -0.2) is 0 Å². The number of likely N-dealkylation sites (N-methyl/N-ethyl adjacent to an activating group) is 1. The van der Waals surface area contributed by atoms with E-state index in [2.05, 4.69) is 0 Å². The number of benzene rings is 1. The van der Waals surface area contributed by atoms with Crippen LogP contribution in [-0.4, -0.2) is 30.5 Å². The normalized spacial score (nSPS) is 11.4. The molecule has 96 valence electrons. The molecule has 0 aliphatic heterocycles. The van der Waals surface area contributed by atoms with Gasteiger partial charge in [-0.1, -0.05) is 6.07 Å². The molecule has 1 aromatic rings. The fraction of sp³-hybridized carbons (Fsp3) is 0.385. The molecule has 5 nitrogen and oxygen atoms in total. The standard InChI is InChI=1S/C13H17N3O2/c1-10(6-7-14)16(2)13(17)9-18-12-5-3-4-11(15)8-12/h3-5,8,10H,6,9,15H2,1-2H3. The van der Waals surface area contributed by atoms with Crippen LogP contribution in [0.15, 0.2) is 24.3 Å². The average Bonchev–Trinajstić information content (AvgIpc) is 2.35. The molecule has 5 heteroatoms. The Morgan fingerprint density at radius 1 is 1.61 bits per heavy atom. The van der Waals surface area contributed by atoms with Crippen molar-refractivity contribution in [3.63, 3.8) is 0 Å². The number of anilines is 1. The number of carbonyl (C=O) groups excluding carboxylic acids is 1. The Kier molecular flexibility index (Phi) is 5.00. The second-order valence-corrected chi connectivity index (χ2v) is 4.08. The first-order valence-corrected chi connectivity index (χ1v) is 5.65. The Morgan fingerprint density at radius 3 is 2.94 bits per heavy atom. The number of nitrogens with two attached hydrogens (primary N) is 1. The average molecular weight is 247 g/mol. The van der Waals surface area contributed by atoms with Gasteiger partial charge in [0.05, 0.1) is 12.5 Å². The third-order valence-electron chi connectivity index (χ3n) is 2.66. The van der Waals surface area contributed by atoms with Gasteiger partial charge in [-0.15, -0.1) is 0 Å². The zero-order chi connectivity index (χ0) is 13.5. The van der Waals surface area contributed by atoms with Crippen LogP contribution >= 0.6 is 0 Å². The number of rotatable bonds is 5. The maximum atomic E-state index is 11.8. The van der Waals surface area contributed by atoms with E-state index in [9.17, 15) is 4.79 Å². The summed E-state index contributed by atoms with van der Waals surface area (Å²) < 4.78 is 5.34. The van der Waals surface area contributed by atoms with Gasteiger partial charge in [0, 0.05) is 24.8 Å². The molecule has 1 rings (SSSR count). The minimum atomic E-state index is -0.167. The topological polar surface area (TPSA) is 79.3 Å². The van der Waals surface area contributed by atoms with Gasteiger partial charge >= 0.3 is 0 Å². The quantitative estimate of drug-likeness (QED) is 0.798. The van der Waals surface area contributed by atoms with Crippen LogP contribution in [0.5, 0.6) is 5.75 Å². The van der Waals surface area contributed by atoms with Crippen molar-refractivity contribution in [2.24, 2.45) is 0 Å². The predicted octanol–water partition coefficient (Wildman–Crippen LogP) is 1.41. The van der Waals surface area contributed by atoms with Gasteiger partial charge in [-0.3, -0.25) is 4.79 Å². The third kappa shape index (κ3) is 3.98. The lowest BCUT2D eigenvalue weighted by Gasteiger charge is -2.22. The van der Waals surface area contributed by atoms with Crippen LogP contribution in [-0.2, 0) is 4.79 Å². The first kappa shape index (κ1) is 13.8. The largest absolute Gasteiger partial charge is 0.484 e. The van der Waals surface area contributed by atoms with Crippen LogP contribution < -0.4 is 10.5 Å². The molecule has 1 aromatic carbocycles. The number of amides is 1. The van der Waals surface area contributed by atoms with Gasteiger partial charge < -0.3 is 15.4 Å². The van der Waals surface area contributed by atoms with E-state index in [1.807, 2.05) is 13.0 Å². The van der Waals surface area contributed by atoms with Crippen molar-refractivity contribution in [1.82, 2.24) is 4.90 Å². The molecule has 0 saturated carbocycles. The van der Waals surface area contributed by atoms with E-state index in [0.29, 0.717) is 17.9 Å². The molecular formula is C13H17N3O2. The van der Waals surface area contributed by atoms with Crippen molar-refractivity contribution in [2.45, 2.75) is 19.4 Å². The minimum Gasteiger partial charge on any atom is -0.484 e. The van der Waals surface area contributed by atoms with E-state index in [4.69, 9.17) is 15.7 Å². The van der Waals surface area contributed by atoms with Crippen LogP contribution in [0.1, 0.15) is 13.3 Å². The highest BCUT2D eigenvalue weighted by Crippen LogP contribution is 2.14. The molecule has 0 spiro atoms. The summed E-state index contributed by atoms with van der Waals surface area (Å²) in [5.74, 6) is 0.393. The molecule has 0 saturated heterocycles. The summed E-state index contributed by atoms with van der Waals surface area (Å²) in [4.78, 5) is 13.3. The molecule has 1 atom stereocenters. The van der Waals surface area contributed by atoms with Gasteiger partial charge in [-0.2, -0.15) is 5.26 Å². The minimum absolute atomic E-state index is 0.0598. The molecule has 1 unspecified atom stereocenters. The maximum Gasteiger partial charge on any atom is 0.260 e. The summed E-state index contributed by atoms with van der Waals surface area (Å²) >= 11 is 0. The van der Waals surface area contributed by atoms with E-state index in [0.717, 1.165) is 0 Å². The number of carbonyl (C=O) groups is 1. The summed E-state index contributed by atoms with van der Waals surface area (Å²) in [6.07, 6.45) is 0.306. The fourth-order valence-corrected chi connectivity index (χ4v) is 1.37. The van der Waals surface area contributed by atoms with Crippen LogP contribution in [0.2, 0.25) is 0 Å². The molecule has 0 aliphatic rings. The molecular weight excluding hydrogens is 230 g/mol. The number of nitriles is 1. The number of ether oxygens (including phenoxy) is 1. The van der Waals surface area contributed by atoms with E-state index >= 15 is 0 Å². The molecule has 0 heterocycles. The summed E-state index contributed by atoms with van der Waals surface area (Å²) in [7, 11) is 1.66. The van der Waals surface area contributed by atoms with E-state index < -0.39 is 0 Å². The monoisotopic (exact) mass is 247 g/mol. The highest BCUT2D eigenvalue weighted by molar-refractivity contribution is 5.77. The Labute approximate surface area is 107 Å². The number of nitrogens with zero attached hydrogens (tertiary/aromatic N) is 2. The van der Waals surface area contributed by atoms with Crippen molar-refractivity contribution in [3.8, 4) is 11.8 Å². The highest BCUT2D eigenvalue weighted by Gasteiger charge is 2.15. The van der Waals surface area contributed by atoms with Crippen molar-refractivity contribution in [1.29, 1.82) is 5.26 Å². The third-order valence-corrected chi connectivity index (χ3v) is 2.66. The first-order chi connectivity index (χ1) is 8.54. The molecule has 0 bridgehead atoms. The molecule has 0 aliphatic carbocycles. The Morgan fingerprint density at radius 2 is 2.33 bits per heavy atom. The lowest BCUT2D eigenvalue weighted by atomic mass is 10.2. The highest BCUT2D eigenvalue weighted by atomic mass is 16.5. The van der Waals surface area contributed by atoms with Crippen molar-refractivity contribution < 1.29 is 9.53 Å². The molecule has 2 N–H and O–H groups in total. The Balaban J connectivity index is 2.49. The maximum absolute atomic E-state index is 11.8. The van der Waals surface area contributed by atoms with Crippen LogP contribution in [0.25, 0.3) is 0 Å². The van der Waals surface area contributed by atoms with Crippen molar-refractivity contribution in [2.75, 3.05) is 19.4 Å². The molecule has 0 aromatic heterocycles. The second kappa shape index (κ2) is 6.50. The van der Waals surface area contributed by atoms with Crippen LogP contribution in [0.3, 0.4) is 0 Å². The Hall–Kier alpha value is -2.22. The zero-order valence-corrected chi connectivity index (χ0v) is 10.6. The van der Waals surface area contributed by atoms with E-state index in [1.165, 1.54) is 4.90 Å². The van der Waals surface area contributed by atoms with E-state index in [-0.39, 0.29) is 18.6 Å². The van der Waals surface area contributed by atoms with Crippen LogP contribution in [0, 0.1) is 11.3 Å². The Bertz CT molecular complexity index is 454. The molecule has 0 radical (unpaired) electrons. The summed E-state index contributed by atoms with van der Waals surface area (Å²) in [5.41, 5.74) is 6.19. The zero-order valence-electron chi connectivity index (χ0n) is 10.6. The van der Waals surface area contributed by atoms with Crippen molar-refractivity contribution in [3.05, 3.63) is 24.3 Å². The molecule has 18 heavy (non-hydrogen) atoms. The first-order valence-electron chi connectivity index (χ1n) is 5.65. The summed E-state index contributed by atoms with van der Waals surface area (Å²) in [6, 6.07) is 8.82. The van der Waals surface area contributed by atoms with Gasteiger partial charge in [-0.05, 0) is 19.1 Å². The van der Waals surface area contributed by atoms with Crippen LogP contribution in [0.4, 0.5) is 5.69 Å². The van der Waals surface area contributed by atoms with Crippen molar-refractivity contribution >= 4 is 11.6 Å². The van der Waals surface area contributed by atoms with Gasteiger partial charge in [0.15, 0.2) is 6.61 Å². The van der Waals surface area contributed by atoms with Gasteiger partial charge in [0.25, 0.3) is 5.91 Å². The SMILES string of the molecule is CC(CC#N)N(C)C(=O)COc1cccc(N)c1. The van der Waals surface area contributed by atoms with E-state index in [1.54, 1.807) is 31.3 Å². The number of hydrogen-bond donors (Lipinski definition) is 1.